The zero-order valence-electron chi connectivity index (χ0n) is 8.99. The van der Waals surface area contributed by atoms with Crippen LogP contribution in [0.15, 0.2) is 42.7 Å². The summed E-state index contributed by atoms with van der Waals surface area (Å²) < 4.78 is 0. The first-order chi connectivity index (χ1) is 7.33. The maximum atomic E-state index is 4.17. The van der Waals surface area contributed by atoms with Gasteiger partial charge in [0, 0.05) is 30.7 Å². The van der Waals surface area contributed by atoms with Gasteiger partial charge in [-0.15, -0.1) is 0 Å². The van der Waals surface area contributed by atoms with E-state index in [1.807, 2.05) is 25.4 Å². The molecule has 1 heterocycles. The molecule has 1 aromatic carbocycles. The molecule has 0 amide bonds. The highest BCUT2D eigenvalue weighted by atomic mass is 14.8. The standard InChI is InChI=1S/C13H14N2/c1-10-5-3-4-6-11(10)12-9-15-8-7-13(12)14-2/h3-9H,1-2H3,(H,14,15). The van der Waals surface area contributed by atoms with Crippen LogP contribution in [-0.4, -0.2) is 12.0 Å². The molecule has 2 nitrogen and oxygen atoms in total. The Hall–Kier alpha value is -1.83. The van der Waals surface area contributed by atoms with Crippen molar-refractivity contribution in [2.45, 2.75) is 6.92 Å². The van der Waals surface area contributed by atoms with Gasteiger partial charge in [0.15, 0.2) is 0 Å². The second kappa shape index (κ2) is 4.13. The van der Waals surface area contributed by atoms with Gasteiger partial charge in [-0.2, -0.15) is 0 Å². The predicted molar refractivity (Wildman–Crippen MR) is 64.0 cm³/mol. The molecular weight excluding hydrogens is 184 g/mol. The van der Waals surface area contributed by atoms with Gasteiger partial charge in [0.25, 0.3) is 0 Å². The summed E-state index contributed by atoms with van der Waals surface area (Å²) in [6.45, 7) is 2.11. The zero-order chi connectivity index (χ0) is 10.7. The van der Waals surface area contributed by atoms with E-state index in [1.54, 1.807) is 6.20 Å². The van der Waals surface area contributed by atoms with Gasteiger partial charge in [-0.05, 0) is 24.1 Å². The lowest BCUT2D eigenvalue weighted by Crippen LogP contribution is -1.93. The normalized spacial score (nSPS) is 10.0. The molecule has 0 aliphatic rings. The van der Waals surface area contributed by atoms with Crippen molar-refractivity contribution < 1.29 is 0 Å². The summed E-state index contributed by atoms with van der Waals surface area (Å²) in [5, 5.41) is 3.18. The number of hydrogen-bond acceptors (Lipinski definition) is 2. The molecule has 0 aliphatic heterocycles. The van der Waals surface area contributed by atoms with Crippen LogP contribution in [0.2, 0.25) is 0 Å². The van der Waals surface area contributed by atoms with E-state index in [2.05, 4.69) is 35.4 Å². The fraction of sp³-hybridized carbons (Fsp3) is 0.154. The summed E-state index contributed by atoms with van der Waals surface area (Å²) in [4.78, 5) is 4.17. The van der Waals surface area contributed by atoms with Gasteiger partial charge in [-0.1, -0.05) is 24.3 Å². The van der Waals surface area contributed by atoms with E-state index in [-0.39, 0.29) is 0 Å². The minimum Gasteiger partial charge on any atom is -0.388 e. The van der Waals surface area contributed by atoms with Crippen molar-refractivity contribution in [2.75, 3.05) is 12.4 Å². The quantitative estimate of drug-likeness (QED) is 0.802. The SMILES string of the molecule is CNc1ccncc1-c1ccccc1C. The molecular formula is C13H14N2. The number of pyridine rings is 1. The van der Waals surface area contributed by atoms with Crippen molar-refractivity contribution >= 4 is 5.69 Å². The Morgan fingerprint density at radius 2 is 1.87 bits per heavy atom. The average Bonchev–Trinajstić information content (AvgIpc) is 2.30. The number of hydrogen-bond donors (Lipinski definition) is 1. The number of anilines is 1. The predicted octanol–water partition coefficient (Wildman–Crippen LogP) is 3.10. The van der Waals surface area contributed by atoms with Crippen molar-refractivity contribution in [1.29, 1.82) is 0 Å². The van der Waals surface area contributed by atoms with Crippen LogP contribution in [0.25, 0.3) is 11.1 Å². The smallest absolute Gasteiger partial charge is 0.0448 e. The van der Waals surface area contributed by atoms with Crippen molar-refractivity contribution in [1.82, 2.24) is 4.98 Å². The second-order valence-corrected chi connectivity index (χ2v) is 3.49. The van der Waals surface area contributed by atoms with Gasteiger partial charge in [-0.3, -0.25) is 4.98 Å². The van der Waals surface area contributed by atoms with Gasteiger partial charge in [0.2, 0.25) is 0 Å². The largest absolute Gasteiger partial charge is 0.388 e. The number of nitrogens with zero attached hydrogens (tertiary/aromatic N) is 1. The fourth-order valence-corrected chi connectivity index (χ4v) is 1.70. The third-order valence-electron chi connectivity index (χ3n) is 2.53. The Morgan fingerprint density at radius 1 is 1.07 bits per heavy atom. The molecule has 2 heteroatoms. The van der Waals surface area contributed by atoms with Crippen molar-refractivity contribution in [3.63, 3.8) is 0 Å². The summed E-state index contributed by atoms with van der Waals surface area (Å²) in [5.41, 5.74) is 4.76. The summed E-state index contributed by atoms with van der Waals surface area (Å²) in [5.74, 6) is 0. The average molecular weight is 198 g/mol. The van der Waals surface area contributed by atoms with Gasteiger partial charge in [0.05, 0.1) is 0 Å². The Balaban J connectivity index is 2.59. The molecule has 0 spiro atoms. The van der Waals surface area contributed by atoms with Crippen molar-refractivity contribution in [2.24, 2.45) is 0 Å². The van der Waals surface area contributed by atoms with Crippen LogP contribution < -0.4 is 5.32 Å². The lowest BCUT2D eigenvalue weighted by atomic mass is 10.0. The molecule has 0 radical (unpaired) electrons. The lowest BCUT2D eigenvalue weighted by molar-refractivity contribution is 1.31. The Morgan fingerprint density at radius 3 is 2.60 bits per heavy atom. The van der Waals surface area contributed by atoms with E-state index < -0.39 is 0 Å². The summed E-state index contributed by atoms with van der Waals surface area (Å²) in [6.07, 6.45) is 3.70. The second-order valence-electron chi connectivity index (χ2n) is 3.49. The van der Waals surface area contributed by atoms with Gasteiger partial charge in [-0.25, -0.2) is 0 Å². The molecule has 1 N–H and O–H groups in total. The first kappa shape index (κ1) is 9.71. The van der Waals surface area contributed by atoms with Crippen LogP contribution in [0.3, 0.4) is 0 Å². The summed E-state index contributed by atoms with van der Waals surface area (Å²) >= 11 is 0. The maximum Gasteiger partial charge on any atom is 0.0448 e. The molecule has 0 aliphatic carbocycles. The third kappa shape index (κ3) is 1.84. The molecule has 0 fully saturated rings. The molecule has 0 saturated heterocycles. The van der Waals surface area contributed by atoms with Crippen LogP contribution in [0, 0.1) is 6.92 Å². The number of rotatable bonds is 2. The molecule has 2 rings (SSSR count). The monoisotopic (exact) mass is 198 g/mol. The third-order valence-corrected chi connectivity index (χ3v) is 2.53. The minimum absolute atomic E-state index is 1.11. The van der Waals surface area contributed by atoms with E-state index in [1.165, 1.54) is 11.1 Å². The van der Waals surface area contributed by atoms with E-state index >= 15 is 0 Å². The first-order valence-corrected chi connectivity index (χ1v) is 5.00. The van der Waals surface area contributed by atoms with Crippen LogP contribution in [-0.2, 0) is 0 Å². The number of benzene rings is 1. The van der Waals surface area contributed by atoms with Gasteiger partial charge >= 0.3 is 0 Å². The molecule has 0 saturated carbocycles. The molecule has 15 heavy (non-hydrogen) atoms. The highest BCUT2D eigenvalue weighted by Crippen LogP contribution is 2.28. The number of nitrogens with one attached hydrogen (secondary N) is 1. The van der Waals surface area contributed by atoms with Crippen molar-refractivity contribution in [3.05, 3.63) is 48.3 Å². The Labute approximate surface area is 90.0 Å². The summed E-state index contributed by atoms with van der Waals surface area (Å²) in [6, 6.07) is 10.3. The minimum atomic E-state index is 1.11. The highest BCUT2D eigenvalue weighted by Gasteiger charge is 2.05. The Kier molecular flexibility index (Phi) is 2.68. The molecule has 0 atom stereocenters. The fourth-order valence-electron chi connectivity index (χ4n) is 1.70. The highest BCUT2D eigenvalue weighted by molar-refractivity contribution is 5.78. The topological polar surface area (TPSA) is 24.9 Å². The molecule has 76 valence electrons. The number of aryl methyl sites for hydroxylation is 1. The van der Waals surface area contributed by atoms with E-state index in [9.17, 15) is 0 Å². The van der Waals surface area contributed by atoms with Crippen LogP contribution >= 0.6 is 0 Å². The molecule has 0 bridgehead atoms. The molecule has 1 aromatic heterocycles. The lowest BCUT2D eigenvalue weighted by Gasteiger charge is -2.10. The first-order valence-electron chi connectivity index (χ1n) is 5.00. The number of aromatic nitrogens is 1. The van der Waals surface area contributed by atoms with Crippen molar-refractivity contribution in [3.8, 4) is 11.1 Å². The summed E-state index contributed by atoms with van der Waals surface area (Å²) in [7, 11) is 1.93. The zero-order valence-corrected chi connectivity index (χ0v) is 8.99. The van der Waals surface area contributed by atoms with Crippen LogP contribution in [0.1, 0.15) is 5.56 Å². The maximum absolute atomic E-state index is 4.17. The molecule has 0 unspecified atom stereocenters. The van der Waals surface area contributed by atoms with Gasteiger partial charge < -0.3 is 5.32 Å². The van der Waals surface area contributed by atoms with Crippen LogP contribution in [0.5, 0.6) is 0 Å². The van der Waals surface area contributed by atoms with E-state index in [0.717, 1.165) is 11.3 Å². The Bertz CT molecular complexity index is 464. The van der Waals surface area contributed by atoms with E-state index in [0.29, 0.717) is 0 Å². The molecule has 2 aromatic rings. The van der Waals surface area contributed by atoms with Gasteiger partial charge in [0.1, 0.15) is 0 Å². The van der Waals surface area contributed by atoms with E-state index in [4.69, 9.17) is 0 Å². The van der Waals surface area contributed by atoms with Crippen LogP contribution in [0.4, 0.5) is 5.69 Å².